The summed E-state index contributed by atoms with van der Waals surface area (Å²) in [6.45, 7) is 7.59. The smallest absolute Gasteiger partial charge is 0.0921 e. The number of nitrogens with zero attached hydrogens (tertiary/aromatic N) is 1. The molecular formula is C23H35N3O2. The zero-order valence-corrected chi connectivity index (χ0v) is 17.2. The monoisotopic (exact) mass is 385 g/mol. The van der Waals surface area contributed by atoms with Gasteiger partial charge in [-0.05, 0) is 75.1 Å². The molecule has 0 saturated carbocycles. The van der Waals surface area contributed by atoms with Crippen LogP contribution >= 0.6 is 0 Å². The Morgan fingerprint density at radius 2 is 1.07 bits per heavy atom. The first-order chi connectivity index (χ1) is 13.6. The first-order valence-electron chi connectivity index (χ1n) is 10.4. The zero-order chi connectivity index (χ0) is 20.3. The highest BCUT2D eigenvalue weighted by Gasteiger charge is 2.31. The molecular weight excluding hydrogens is 350 g/mol. The standard InChI is InChI=1S/C11H15NO.C10H14N2O.C2H6/c13-11(6-8-12-9-7-11)10-4-2-1-3-5-10;13-10(3-7-12-8-4-10)9-1-5-11-6-2-9;1-2/h1-5,12-13H,6-9H2;1-2,5-6,12-13H,3-4,7-8H2;1-2H3. The fourth-order valence-electron chi connectivity index (χ4n) is 3.67. The first-order valence-corrected chi connectivity index (χ1v) is 10.4. The van der Waals surface area contributed by atoms with E-state index in [9.17, 15) is 10.2 Å². The van der Waals surface area contributed by atoms with Crippen LogP contribution in [0.4, 0.5) is 0 Å². The molecule has 154 valence electrons. The maximum absolute atomic E-state index is 10.3. The summed E-state index contributed by atoms with van der Waals surface area (Å²) in [4.78, 5) is 3.94. The van der Waals surface area contributed by atoms with Gasteiger partial charge in [0.25, 0.3) is 0 Å². The van der Waals surface area contributed by atoms with Crippen molar-refractivity contribution in [2.24, 2.45) is 0 Å². The topological polar surface area (TPSA) is 77.4 Å². The maximum atomic E-state index is 10.3. The summed E-state index contributed by atoms with van der Waals surface area (Å²) < 4.78 is 0. The van der Waals surface area contributed by atoms with E-state index in [1.807, 2.05) is 56.3 Å². The Morgan fingerprint density at radius 3 is 1.50 bits per heavy atom. The summed E-state index contributed by atoms with van der Waals surface area (Å²) in [5.74, 6) is 0. The van der Waals surface area contributed by atoms with E-state index in [4.69, 9.17) is 0 Å². The van der Waals surface area contributed by atoms with E-state index in [0.717, 1.165) is 63.0 Å². The molecule has 28 heavy (non-hydrogen) atoms. The van der Waals surface area contributed by atoms with Gasteiger partial charge in [-0.25, -0.2) is 0 Å². The van der Waals surface area contributed by atoms with Crippen molar-refractivity contribution in [3.63, 3.8) is 0 Å². The predicted molar refractivity (Wildman–Crippen MR) is 114 cm³/mol. The Kier molecular flexibility index (Phi) is 9.06. The summed E-state index contributed by atoms with van der Waals surface area (Å²) in [6.07, 6.45) is 6.67. The average molecular weight is 386 g/mol. The summed E-state index contributed by atoms with van der Waals surface area (Å²) in [7, 11) is 0. The van der Waals surface area contributed by atoms with Gasteiger partial charge in [-0.15, -0.1) is 0 Å². The molecule has 5 heteroatoms. The van der Waals surface area contributed by atoms with Gasteiger partial charge < -0.3 is 20.8 Å². The van der Waals surface area contributed by atoms with Gasteiger partial charge in [-0.3, -0.25) is 4.98 Å². The number of aliphatic hydroxyl groups is 2. The van der Waals surface area contributed by atoms with Crippen LogP contribution in [0.25, 0.3) is 0 Å². The van der Waals surface area contributed by atoms with Crippen molar-refractivity contribution in [1.29, 1.82) is 0 Å². The van der Waals surface area contributed by atoms with Crippen molar-refractivity contribution in [2.45, 2.75) is 50.7 Å². The van der Waals surface area contributed by atoms with E-state index in [1.54, 1.807) is 12.4 Å². The minimum Gasteiger partial charge on any atom is -0.385 e. The second-order valence-electron chi connectivity index (χ2n) is 7.17. The highest BCUT2D eigenvalue weighted by molar-refractivity contribution is 5.23. The molecule has 2 saturated heterocycles. The lowest BCUT2D eigenvalue weighted by Gasteiger charge is -2.32. The Balaban J connectivity index is 0.000000184. The van der Waals surface area contributed by atoms with Crippen LogP contribution in [0.15, 0.2) is 54.9 Å². The number of pyridine rings is 1. The molecule has 1 aromatic carbocycles. The van der Waals surface area contributed by atoms with Crippen LogP contribution in [-0.2, 0) is 11.2 Å². The summed E-state index contributed by atoms with van der Waals surface area (Å²) in [5.41, 5.74) is 0.821. The molecule has 0 atom stereocenters. The third-order valence-corrected chi connectivity index (χ3v) is 5.39. The third kappa shape index (κ3) is 6.11. The Bertz CT molecular complexity index is 593. The molecule has 0 spiro atoms. The van der Waals surface area contributed by atoms with Crippen molar-refractivity contribution < 1.29 is 10.2 Å². The largest absolute Gasteiger partial charge is 0.385 e. The maximum Gasteiger partial charge on any atom is 0.0921 e. The lowest BCUT2D eigenvalue weighted by atomic mass is 9.85. The van der Waals surface area contributed by atoms with E-state index in [-0.39, 0.29) is 0 Å². The first kappa shape index (κ1) is 22.5. The van der Waals surface area contributed by atoms with Gasteiger partial charge in [0, 0.05) is 12.4 Å². The van der Waals surface area contributed by atoms with Crippen molar-refractivity contribution in [3.8, 4) is 0 Å². The summed E-state index contributed by atoms with van der Waals surface area (Å²) >= 11 is 0. The van der Waals surface area contributed by atoms with E-state index in [1.165, 1.54) is 0 Å². The molecule has 0 radical (unpaired) electrons. The van der Waals surface area contributed by atoms with Gasteiger partial charge in [0.05, 0.1) is 11.2 Å². The second-order valence-corrected chi connectivity index (χ2v) is 7.17. The highest BCUT2D eigenvalue weighted by atomic mass is 16.3. The van der Waals surface area contributed by atoms with Crippen LogP contribution in [-0.4, -0.2) is 41.4 Å². The SMILES string of the molecule is CC.OC1(c2ccccc2)CCNCC1.OC1(c2ccncc2)CCNCC1. The van der Waals surface area contributed by atoms with Crippen molar-refractivity contribution >= 4 is 0 Å². The lowest BCUT2D eigenvalue weighted by Crippen LogP contribution is -2.39. The van der Waals surface area contributed by atoms with Gasteiger partial charge in [-0.2, -0.15) is 0 Å². The van der Waals surface area contributed by atoms with Gasteiger partial charge in [0.15, 0.2) is 0 Å². The summed E-state index contributed by atoms with van der Waals surface area (Å²) in [6, 6.07) is 13.7. The number of nitrogens with one attached hydrogen (secondary N) is 2. The van der Waals surface area contributed by atoms with Crippen LogP contribution in [0.1, 0.15) is 50.7 Å². The molecule has 0 bridgehead atoms. The minimum absolute atomic E-state index is 0.591. The van der Waals surface area contributed by atoms with Crippen LogP contribution in [0.2, 0.25) is 0 Å². The number of hydrogen-bond acceptors (Lipinski definition) is 5. The van der Waals surface area contributed by atoms with Crippen LogP contribution < -0.4 is 10.6 Å². The molecule has 4 N–H and O–H groups in total. The Morgan fingerprint density at radius 1 is 0.679 bits per heavy atom. The molecule has 2 fully saturated rings. The molecule has 3 heterocycles. The van der Waals surface area contributed by atoms with E-state index < -0.39 is 11.2 Å². The van der Waals surface area contributed by atoms with Crippen molar-refractivity contribution in [3.05, 3.63) is 66.0 Å². The predicted octanol–water partition coefficient (Wildman–Crippen LogP) is 2.94. The van der Waals surface area contributed by atoms with Gasteiger partial charge >= 0.3 is 0 Å². The van der Waals surface area contributed by atoms with Crippen LogP contribution in [0.5, 0.6) is 0 Å². The fraction of sp³-hybridized carbons (Fsp3) is 0.522. The Labute approximate surface area is 169 Å². The molecule has 2 aliphatic rings. The van der Waals surface area contributed by atoms with Gasteiger partial charge in [0.1, 0.15) is 0 Å². The van der Waals surface area contributed by atoms with Gasteiger partial charge in [0.2, 0.25) is 0 Å². The van der Waals surface area contributed by atoms with E-state index >= 15 is 0 Å². The number of hydrogen-bond donors (Lipinski definition) is 4. The van der Waals surface area contributed by atoms with Crippen LogP contribution in [0.3, 0.4) is 0 Å². The zero-order valence-electron chi connectivity index (χ0n) is 17.2. The van der Waals surface area contributed by atoms with Crippen LogP contribution in [0, 0.1) is 0 Å². The quantitative estimate of drug-likeness (QED) is 0.639. The fourth-order valence-corrected chi connectivity index (χ4v) is 3.67. The molecule has 0 aliphatic carbocycles. The molecule has 1 aromatic heterocycles. The van der Waals surface area contributed by atoms with E-state index in [2.05, 4.69) is 15.6 Å². The normalized spacial score (nSPS) is 20.0. The highest BCUT2D eigenvalue weighted by Crippen LogP contribution is 2.30. The molecule has 0 unspecified atom stereocenters. The molecule has 2 aliphatic heterocycles. The third-order valence-electron chi connectivity index (χ3n) is 5.39. The molecule has 4 rings (SSSR count). The van der Waals surface area contributed by atoms with Gasteiger partial charge in [-0.1, -0.05) is 44.2 Å². The lowest BCUT2D eigenvalue weighted by molar-refractivity contribution is 0.00552. The number of benzene rings is 1. The molecule has 5 nitrogen and oxygen atoms in total. The number of aromatic nitrogens is 1. The number of piperidine rings is 2. The molecule has 0 amide bonds. The number of rotatable bonds is 2. The van der Waals surface area contributed by atoms with Crippen molar-refractivity contribution in [2.75, 3.05) is 26.2 Å². The minimum atomic E-state index is -0.631. The average Bonchev–Trinajstić information content (AvgIpc) is 2.78. The molecule has 2 aromatic rings. The Hall–Kier alpha value is -1.79. The summed E-state index contributed by atoms with van der Waals surface area (Å²) in [5, 5.41) is 27.1. The van der Waals surface area contributed by atoms with Crippen molar-refractivity contribution in [1.82, 2.24) is 15.6 Å². The second kappa shape index (κ2) is 11.3. The van der Waals surface area contributed by atoms with E-state index in [0.29, 0.717) is 0 Å².